The molecule has 0 aliphatic carbocycles. The van der Waals surface area contributed by atoms with Crippen molar-refractivity contribution in [1.29, 1.82) is 0 Å². The summed E-state index contributed by atoms with van der Waals surface area (Å²) < 4.78 is 0. The zero-order chi connectivity index (χ0) is 13.8. The number of halogens is 2. The van der Waals surface area contributed by atoms with Gasteiger partial charge < -0.3 is 9.80 Å². The van der Waals surface area contributed by atoms with Crippen LogP contribution in [-0.2, 0) is 4.79 Å². The number of hydrogen-bond acceptors (Lipinski definition) is 1. The second kappa shape index (κ2) is 6.42. The zero-order valence-corrected chi connectivity index (χ0v) is 12.3. The number of quaternary nitrogens is 1. The fraction of sp³-hybridized carbons (Fsp3) is 0.357. The average Bonchev–Trinajstić information content (AvgIpc) is 2.38. The first-order valence-corrected chi connectivity index (χ1v) is 7.06. The maximum absolute atomic E-state index is 12.0. The zero-order valence-electron chi connectivity index (χ0n) is 10.8. The Hall–Kier alpha value is -1.03. The molecule has 1 aliphatic rings. The van der Waals surface area contributed by atoms with Gasteiger partial charge in [-0.3, -0.25) is 4.79 Å². The van der Waals surface area contributed by atoms with E-state index in [4.69, 9.17) is 23.2 Å². The largest absolute Gasteiger partial charge is 0.334 e. The number of carbonyl (C=O) groups excluding carboxylic acids is 1. The minimum absolute atomic E-state index is 0.0171. The summed E-state index contributed by atoms with van der Waals surface area (Å²) in [7, 11) is 2.14. The van der Waals surface area contributed by atoms with Gasteiger partial charge in [0.05, 0.1) is 33.2 Å². The molecular formula is C14H17Cl2N2O+. The van der Waals surface area contributed by atoms with Gasteiger partial charge in [0.15, 0.2) is 0 Å². The summed E-state index contributed by atoms with van der Waals surface area (Å²) in [6.07, 6.45) is 3.24. The van der Waals surface area contributed by atoms with Crippen LogP contribution >= 0.6 is 23.2 Å². The number of piperazine rings is 1. The molecule has 0 unspecified atom stereocenters. The molecule has 1 amide bonds. The Kier molecular flexibility index (Phi) is 4.86. The van der Waals surface area contributed by atoms with E-state index >= 15 is 0 Å². The summed E-state index contributed by atoms with van der Waals surface area (Å²) in [6.45, 7) is 3.58. The highest BCUT2D eigenvalue weighted by molar-refractivity contribution is 6.37. The molecule has 1 aromatic rings. The second-order valence-corrected chi connectivity index (χ2v) is 5.57. The van der Waals surface area contributed by atoms with Gasteiger partial charge in [-0.15, -0.1) is 0 Å². The number of rotatable bonds is 2. The topological polar surface area (TPSA) is 24.8 Å². The lowest BCUT2D eigenvalue weighted by atomic mass is 10.2. The van der Waals surface area contributed by atoms with Crippen LogP contribution in [-0.4, -0.2) is 44.0 Å². The van der Waals surface area contributed by atoms with Crippen molar-refractivity contribution >= 4 is 35.2 Å². The quantitative estimate of drug-likeness (QED) is 0.820. The normalized spacial score (nSPS) is 17.1. The van der Waals surface area contributed by atoms with Crippen molar-refractivity contribution in [2.24, 2.45) is 0 Å². The van der Waals surface area contributed by atoms with E-state index in [0.29, 0.717) is 15.6 Å². The Balaban J connectivity index is 2.04. The molecule has 19 heavy (non-hydrogen) atoms. The first-order valence-electron chi connectivity index (χ1n) is 6.30. The second-order valence-electron chi connectivity index (χ2n) is 4.75. The van der Waals surface area contributed by atoms with Gasteiger partial charge in [-0.1, -0.05) is 29.3 Å². The van der Waals surface area contributed by atoms with E-state index in [1.165, 1.54) is 4.90 Å². The fourth-order valence-corrected chi connectivity index (χ4v) is 2.56. The van der Waals surface area contributed by atoms with E-state index in [1.807, 2.05) is 4.90 Å². The number of nitrogens with zero attached hydrogens (tertiary/aromatic N) is 1. The van der Waals surface area contributed by atoms with Crippen LogP contribution in [0.4, 0.5) is 0 Å². The van der Waals surface area contributed by atoms with Crippen LogP contribution in [0.15, 0.2) is 24.3 Å². The monoisotopic (exact) mass is 299 g/mol. The Morgan fingerprint density at radius 2 is 1.84 bits per heavy atom. The molecule has 1 fully saturated rings. The van der Waals surface area contributed by atoms with Crippen LogP contribution in [0, 0.1) is 0 Å². The lowest BCUT2D eigenvalue weighted by Gasteiger charge is -2.29. The molecule has 1 N–H and O–H groups in total. The Bertz CT molecular complexity index is 474. The van der Waals surface area contributed by atoms with Crippen molar-refractivity contribution in [2.75, 3.05) is 33.2 Å². The van der Waals surface area contributed by atoms with Crippen LogP contribution < -0.4 is 4.90 Å². The summed E-state index contributed by atoms with van der Waals surface area (Å²) >= 11 is 12.1. The maximum Gasteiger partial charge on any atom is 0.246 e. The number of amides is 1. The van der Waals surface area contributed by atoms with Crippen molar-refractivity contribution in [3.63, 3.8) is 0 Å². The smallest absolute Gasteiger partial charge is 0.246 e. The third kappa shape index (κ3) is 3.72. The SMILES string of the molecule is C[NH+]1CCN(C(=O)C=Cc2c(Cl)cccc2Cl)CC1. The van der Waals surface area contributed by atoms with E-state index in [2.05, 4.69) is 7.05 Å². The van der Waals surface area contributed by atoms with Gasteiger partial charge in [-0.2, -0.15) is 0 Å². The summed E-state index contributed by atoms with van der Waals surface area (Å²) in [6, 6.07) is 5.31. The lowest BCUT2D eigenvalue weighted by Crippen LogP contribution is -3.12. The average molecular weight is 300 g/mol. The molecule has 0 bridgehead atoms. The highest BCUT2D eigenvalue weighted by atomic mass is 35.5. The Labute approximate surface area is 123 Å². The molecule has 102 valence electrons. The highest BCUT2D eigenvalue weighted by Gasteiger charge is 2.19. The van der Waals surface area contributed by atoms with Crippen molar-refractivity contribution in [2.45, 2.75) is 0 Å². The summed E-state index contributed by atoms with van der Waals surface area (Å²) in [5, 5.41) is 1.11. The predicted octanol–water partition coefficient (Wildman–Crippen LogP) is 1.36. The number of likely N-dealkylation sites (N-methyl/N-ethyl adjacent to an activating group) is 1. The highest BCUT2D eigenvalue weighted by Crippen LogP contribution is 2.25. The van der Waals surface area contributed by atoms with Gasteiger partial charge in [0, 0.05) is 21.7 Å². The van der Waals surface area contributed by atoms with Crippen molar-refractivity contribution < 1.29 is 9.69 Å². The van der Waals surface area contributed by atoms with Crippen molar-refractivity contribution in [3.05, 3.63) is 39.9 Å². The van der Waals surface area contributed by atoms with E-state index in [0.717, 1.165) is 26.2 Å². The first kappa shape index (κ1) is 14.4. The molecule has 2 rings (SSSR count). The van der Waals surface area contributed by atoms with Crippen molar-refractivity contribution in [1.82, 2.24) is 4.90 Å². The lowest BCUT2D eigenvalue weighted by molar-refractivity contribution is -0.883. The number of benzene rings is 1. The van der Waals surface area contributed by atoms with E-state index in [-0.39, 0.29) is 5.91 Å². The molecule has 3 nitrogen and oxygen atoms in total. The van der Waals surface area contributed by atoms with Gasteiger partial charge in [0.2, 0.25) is 5.91 Å². The fourth-order valence-electron chi connectivity index (χ4n) is 2.04. The van der Waals surface area contributed by atoms with Gasteiger partial charge in [-0.05, 0) is 18.2 Å². The van der Waals surface area contributed by atoms with Crippen LogP contribution in [0.2, 0.25) is 10.0 Å². The molecule has 0 spiro atoms. The standard InChI is InChI=1S/C14H16Cl2N2O/c1-17-7-9-18(10-8-17)14(19)6-5-11-12(15)3-2-4-13(11)16/h2-6H,7-10H2,1H3/p+1. The molecular weight excluding hydrogens is 283 g/mol. The summed E-state index contributed by atoms with van der Waals surface area (Å²) in [5.74, 6) is 0.0171. The predicted molar refractivity (Wildman–Crippen MR) is 78.7 cm³/mol. The summed E-state index contributed by atoms with van der Waals surface area (Å²) in [4.78, 5) is 15.4. The van der Waals surface area contributed by atoms with Crippen LogP contribution in [0.5, 0.6) is 0 Å². The van der Waals surface area contributed by atoms with Crippen LogP contribution in [0.25, 0.3) is 6.08 Å². The molecule has 1 heterocycles. The molecule has 0 atom stereocenters. The summed E-state index contributed by atoms with van der Waals surface area (Å²) in [5.41, 5.74) is 0.693. The Morgan fingerprint density at radius 3 is 2.42 bits per heavy atom. The Morgan fingerprint density at radius 1 is 1.26 bits per heavy atom. The molecule has 1 saturated heterocycles. The third-order valence-corrected chi connectivity index (χ3v) is 3.98. The number of hydrogen-bond donors (Lipinski definition) is 1. The maximum atomic E-state index is 12.0. The van der Waals surface area contributed by atoms with E-state index < -0.39 is 0 Å². The van der Waals surface area contributed by atoms with E-state index in [1.54, 1.807) is 30.4 Å². The van der Waals surface area contributed by atoms with Gasteiger partial charge in [-0.25, -0.2) is 0 Å². The third-order valence-electron chi connectivity index (χ3n) is 3.32. The molecule has 0 radical (unpaired) electrons. The number of carbonyl (C=O) groups is 1. The molecule has 0 aromatic heterocycles. The van der Waals surface area contributed by atoms with Crippen LogP contribution in [0.3, 0.4) is 0 Å². The molecule has 1 aromatic carbocycles. The minimum Gasteiger partial charge on any atom is -0.334 e. The number of nitrogens with one attached hydrogen (secondary N) is 1. The molecule has 1 aliphatic heterocycles. The molecule has 5 heteroatoms. The minimum atomic E-state index is 0.0171. The van der Waals surface area contributed by atoms with Crippen molar-refractivity contribution in [3.8, 4) is 0 Å². The molecule has 0 saturated carbocycles. The van der Waals surface area contributed by atoms with Gasteiger partial charge in [0.25, 0.3) is 0 Å². The van der Waals surface area contributed by atoms with E-state index in [9.17, 15) is 4.79 Å². The van der Waals surface area contributed by atoms with Crippen LogP contribution in [0.1, 0.15) is 5.56 Å². The van der Waals surface area contributed by atoms with Gasteiger partial charge >= 0.3 is 0 Å². The van der Waals surface area contributed by atoms with Gasteiger partial charge in [0.1, 0.15) is 0 Å². The first-order chi connectivity index (χ1) is 9.08.